The van der Waals surface area contributed by atoms with Gasteiger partial charge in [0.2, 0.25) is 5.91 Å². The number of hydrogen-bond donors (Lipinski definition) is 2. The van der Waals surface area contributed by atoms with E-state index >= 15 is 0 Å². The lowest BCUT2D eigenvalue weighted by molar-refractivity contribution is -0.161. The van der Waals surface area contributed by atoms with Crippen LogP contribution in [0, 0.1) is 0 Å². The van der Waals surface area contributed by atoms with E-state index in [9.17, 15) is 19.2 Å². The Morgan fingerprint density at radius 1 is 1.26 bits per heavy atom. The fourth-order valence-electron chi connectivity index (χ4n) is 3.98. The summed E-state index contributed by atoms with van der Waals surface area (Å²) in [6.45, 7) is 3.37. The Hall–Kier alpha value is -1.77. The highest BCUT2D eigenvalue weighted by Gasteiger charge is 2.53. The van der Waals surface area contributed by atoms with Gasteiger partial charge in [0.1, 0.15) is 6.04 Å². The maximum atomic E-state index is 12.5. The largest absolute Gasteiger partial charge is 0.451 e. The molecule has 1 aliphatic carbocycles. The van der Waals surface area contributed by atoms with Crippen LogP contribution in [0.5, 0.6) is 0 Å². The molecule has 3 aliphatic rings. The minimum Gasteiger partial charge on any atom is -0.451 e. The maximum Gasteiger partial charge on any atom is 0.330 e. The molecule has 4 amide bonds. The van der Waals surface area contributed by atoms with E-state index in [0.29, 0.717) is 18.6 Å². The molecule has 0 unspecified atom stereocenters. The zero-order chi connectivity index (χ0) is 19.6. The Balaban J connectivity index is 1.48. The monoisotopic (exact) mass is 397 g/mol. The first-order chi connectivity index (χ1) is 12.8. The quantitative estimate of drug-likeness (QED) is 0.697. The lowest BCUT2D eigenvalue weighted by Gasteiger charge is -2.29. The number of carbonyl (C=O) groups is 4. The van der Waals surface area contributed by atoms with E-state index in [-0.39, 0.29) is 16.8 Å². The second kappa shape index (κ2) is 8.08. The molecule has 0 aromatic heterocycles. The second-order valence-electron chi connectivity index (χ2n) is 7.64. The summed E-state index contributed by atoms with van der Waals surface area (Å²) in [5.74, 6) is -0.875. The first kappa shape index (κ1) is 20.0. The molecule has 0 aromatic carbocycles. The molecule has 3 rings (SSSR count). The number of carbonyl (C=O) groups excluding carboxylic acids is 4. The van der Waals surface area contributed by atoms with Crippen molar-refractivity contribution in [3.05, 3.63) is 0 Å². The Bertz CT molecular complexity index is 636. The average molecular weight is 397 g/mol. The number of thioether (sulfide) groups is 1. The minimum atomic E-state index is -1.11. The molecule has 9 heteroatoms. The van der Waals surface area contributed by atoms with Crippen molar-refractivity contribution in [2.24, 2.45) is 0 Å². The highest BCUT2D eigenvalue weighted by atomic mass is 32.2. The molecule has 1 saturated carbocycles. The van der Waals surface area contributed by atoms with Crippen molar-refractivity contribution in [1.29, 1.82) is 0 Å². The molecule has 0 spiro atoms. The molecule has 150 valence electrons. The predicted molar refractivity (Wildman–Crippen MR) is 99.8 cm³/mol. The number of urea groups is 1. The zero-order valence-electron chi connectivity index (χ0n) is 15.8. The number of rotatable bonds is 4. The van der Waals surface area contributed by atoms with Gasteiger partial charge in [-0.15, -0.1) is 11.8 Å². The maximum absolute atomic E-state index is 12.5. The van der Waals surface area contributed by atoms with Crippen LogP contribution in [0.25, 0.3) is 0 Å². The lowest BCUT2D eigenvalue weighted by atomic mass is 9.96. The highest BCUT2D eigenvalue weighted by molar-refractivity contribution is 8.01. The van der Waals surface area contributed by atoms with Crippen molar-refractivity contribution in [2.75, 3.05) is 5.75 Å². The van der Waals surface area contributed by atoms with Crippen LogP contribution in [0.15, 0.2) is 0 Å². The Morgan fingerprint density at radius 2 is 1.96 bits per heavy atom. The SMILES string of the molecule is C[C@@H](OC(=O)[C@@H]1CS[C@@]2(C)CCC(=O)N12)C(=O)NC(=O)NC1CCCCC1. The van der Waals surface area contributed by atoms with Gasteiger partial charge in [-0.1, -0.05) is 19.3 Å². The molecule has 3 atom stereocenters. The smallest absolute Gasteiger partial charge is 0.330 e. The lowest BCUT2D eigenvalue weighted by Crippen LogP contribution is -2.50. The van der Waals surface area contributed by atoms with Crippen molar-refractivity contribution < 1.29 is 23.9 Å². The highest BCUT2D eigenvalue weighted by Crippen LogP contribution is 2.47. The number of amides is 4. The average Bonchev–Trinajstić information content (AvgIpc) is 3.11. The van der Waals surface area contributed by atoms with Crippen molar-refractivity contribution in [2.45, 2.75) is 81.9 Å². The third kappa shape index (κ3) is 4.39. The van der Waals surface area contributed by atoms with E-state index in [1.54, 1.807) is 16.7 Å². The summed E-state index contributed by atoms with van der Waals surface area (Å²) in [7, 11) is 0. The Kier molecular flexibility index (Phi) is 5.98. The van der Waals surface area contributed by atoms with E-state index in [1.807, 2.05) is 6.92 Å². The Morgan fingerprint density at radius 3 is 2.67 bits per heavy atom. The van der Waals surface area contributed by atoms with Gasteiger partial charge in [-0.3, -0.25) is 14.9 Å². The number of hydrogen-bond acceptors (Lipinski definition) is 6. The van der Waals surface area contributed by atoms with E-state index in [2.05, 4.69) is 10.6 Å². The number of ether oxygens (including phenoxy) is 1. The van der Waals surface area contributed by atoms with E-state index in [4.69, 9.17) is 4.74 Å². The number of imide groups is 1. The summed E-state index contributed by atoms with van der Waals surface area (Å²) in [6, 6.07) is -1.16. The van der Waals surface area contributed by atoms with Gasteiger partial charge in [0.15, 0.2) is 6.10 Å². The first-order valence-electron chi connectivity index (χ1n) is 9.58. The molecule has 2 saturated heterocycles. The molecule has 2 N–H and O–H groups in total. The van der Waals surface area contributed by atoms with Crippen LogP contribution in [0.2, 0.25) is 0 Å². The Labute approximate surface area is 163 Å². The van der Waals surface area contributed by atoms with Crippen LogP contribution >= 0.6 is 11.8 Å². The molecule has 0 radical (unpaired) electrons. The number of nitrogens with one attached hydrogen (secondary N) is 2. The predicted octanol–water partition coefficient (Wildman–Crippen LogP) is 1.53. The summed E-state index contributed by atoms with van der Waals surface area (Å²) in [5, 5.41) is 5.02. The molecule has 3 fully saturated rings. The zero-order valence-corrected chi connectivity index (χ0v) is 16.6. The number of esters is 1. The summed E-state index contributed by atoms with van der Waals surface area (Å²) < 4.78 is 5.25. The third-order valence-corrected chi connectivity index (χ3v) is 7.06. The van der Waals surface area contributed by atoms with Crippen LogP contribution in [0.1, 0.15) is 58.8 Å². The number of nitrogens with zero attached hydrogens (tertiary/aromatic N) is 1. The molecule has 27 heavy (non-hydrogen) atoms. The van der Waals surface area contributed by atoms with Crippen molar-refractivity contribution in [3.8, 4) is 0 Å². The molecular formula is C18H27N3O5S. The van der Waals surface area contributed by atoms with Crippen LogP contribution in [0.4, 0.5) is 4.79 Å². The summed E-state index contributed by atoms with van der Waals surface area (Å²) in [4.78, 5) is 49.9. The van der Waals surface area contributed by atoms with Crippen LogP contribution in [-0.4, -0.2) is 57.5 Å². The standard InChI is InChI=1S/C18H27N3O5S/c1-11(15(23)20-17(25)19-12-6-4-3-5-7-12)26-16(24)13-10-27-18(2)9-8-14(22)21(13)18/h11-13H,3-10H2,1-2H3,(H2,19,20,23,25)/t11-,13+,18+/m1/s1. The van der Waals surface area contributed by atoms with E-state index in [1.165, 1.54) is 13.3 Å². The minimum absolute atomic E-state index is 0.0617. The van der Waals surface area contributed by atoms with Gasteiger partial charge in [0.05, 0.1) is 4.87 Å². The van der Waals surface area contributed by atoms with Crippen molar-refractivity contribution >= 4 is 35.6 Å². The summed E-state index contributed by atoms with van der Waals surface area (Å²) in [5.41, 5.74) is 0. The van der Waals surface area contributed by atoms with Gasteiger partial charge in [0.25, 0.3) is 5.91 Å². The van der Waals surface area contributed by atoms with Gasteiger partial charge >= 0.3 is 12.0 Å². The van der Waals surface area contributed by atoms with E-state index < -0.39 is 30.1 Å². The fraction of sp³-hybridized carbons (Fsp3) is 0.778. The first-order valence-corrected chi connectivity index (χ1v) is 10.6. The molecule has 0 bridgehead atoms. The third-order valence-electron chi connectivity index (χ3n) is 5.56. The van der Waals surface area contributed by atoms with Gasteiger partial charge in [-0.25, -0.2) is 9.59 Å². The van der Waals surface area contributed by atoms with Gasteiger partial charge in [0, 0.05) is 18.2 Å². The van der Waals surface area contributed by atoms with Crippen LogP contribution < -0.4 is 10.6 Å². The molecule has 2 aliphatic heterocycles. The summed E-state index contributed by atoms with van der Waals surface area (Å²) in [6.07, 6.45) is 5.15. The molecule has 2 heterocycles. The molecular weight excluding hydrogens is 370 g/mol. The second-order valence-corrected chi connectivity index (χ2v) is 9.14. The molecule has 8 nitrogen and oxygen atoms in total. The van der Waals surface area contributed by atoms with Crippen LogP contribution in [-0.2, 0) is 19.1 Å². The van der Waals surface area contributed by atoms with Gasteiger partial charge < -0.3 is 15.0 Å². The van der Waals surface area contributed by atoms with E-state index in [0.717, 1.165) is 25.7 Å². The van der Waals surface area contributed by atoms with Gasteiger partial charge in [-0.2, -0.15) is 0 Å². The van der Waals surface area contributed by atoms with Crippen molar-refractivity contribution in [1.82, 2.24) is 15.5 Å². The van der Waals surface area contributed by atoms with Gasteiger partial charge in [-0.05, 0) is 33.1 Å². The topological polar surface area (TPSA) is 105 Å². The van der Waals surface area contributed by atoms with Crippen LogP contribution in [0.3, 0.4) is 0 Å². The fourth-order valence-corrected chi connectivity index (χ4v) is 5.40. The molecule has 0 aromatic rings. The van der Waals surface area contributed by atoms with Crippen molar-refractivity contribution in [3.63, 3.8) is 0 Å². The number of fused-ring (bicyclic) bond motifs is 1. The normalized spacial score (nSPS) is 29.2. The summed E-state index contributed by atoms with van der Waals surface area (Å²) >= 11 is 1.56.